The molecule has 0 saturated carbocycles. The van der Waals surface area contributed by atoms with E-state index in [0.29, 0.717) is 0 Å². The summed E-state index contributed by atoms with van der Waals surface area (Å²) in [5, 5.41) is 4.33. The molecule has 0 fully saturated rings. The highest BCUT2D eigenvalue weighted by Crippen LogP contribution is 2.21. The zero-order chi connectivity index (χ0) is 12.4. The third kappa shape index (κ3) is 2.04. The van der Waals surface area contributed by atoms with Gasteiger partial charge in [0.1, 0.15) is 10.9 Å². The minimum absolute atomic E-state index is 0.758. The minimum atomic E-state index is 0.758. The predicted octanol–water partition coefficient (Wildman–Crippen LogP) is 3.09. The molecule has 0 radical (unpaired) electrons. The lowest BCUT2D eigenvalue weighted by Crippen LogP contribution is -1.99. The summed E-state index contributed by atoms with van der Waals surface area (Å²) in [7, 11) is 0. The molecule has 0 atom stereocenters. The molecule has 0 bridgehead atoms. The van der Waals surface area contributed by atoms with Crippen LogP contribution in [0.4, 0.5) is 0 Å². The molecule has 1 aromatic carbocycles. The molecule has 0 aliphatic rings. The van der Waals surface area contributed by atoms with E-state index >= 15 is 0 Å². The van der Waals surface area contributed by atoms with Crippen LogP contribution in [0.2, 0.25) is 0 Å². The Balaban J connectivity index is 2.13. The van der Waals surface area contributed by atoms with E-state index in [0.717, 1.165) is 21.7 Å². The van der Waals surface area contributed by atoms with Gasteiger partial charge in [0, 0.05) is 0 Å². The first-order valence-electron chi connectivity index (χ1n) is 5.42. The summed E-state index contributed by atoms with van der Waals surface area (Å²) in [6.07, 6.45) is 3.29. The van der Waals surface area contributed by atoms with Gasteiger partial charge in [0.2, 0.25) is 0 Å². The van der Waals surface area contributed by atoms with Gasteiger partial charge in [-0.15, -0.1) is 0 Å². The minimum Gasteiger partial charge on any atom is -0.235 e. The van der Waals surface area contributed by atoms with Crippen LogP contribution in [-0.2, 0) is 0 Å². The van der Waals surface area contributed by atoms with Crippen molar-refractivity contribution in [3.63, 3.8) is 0 Å². The van der Waals surface area contributed by atoms with Crippen molar-refractivity contribution in [2.24, 2.45) is 0 Å². The van der Waals surface area contributed by atoms with Crippen LogP contribution in [0.15, 0.2) is 59.6 Å². The SMILES string of the molecule is Brc1cc(-c2ccnn2-c2ccccc2)ncn1. The summed E-state index contributed by atoms with van der Waals surface area (Å²) in [5.41, 5.74) is 2.77. The zero-order valence-corrected chi connectivity index (χ0v) is 10.9. The summed E-state index contributed by atoms with van der Waals surface area (Å²) in [4.78, 5) is 8.29. The second-order valence-electron chi connectivity index (χ2n) is 3.69. The summed E-state index contributed by atoms with van der Waals surface area (Å²) < 4.78 is 2.61. The van der Waals surface area contributed by atoms with E-state index in [-0.39, 0.29) is 0 Å². The Bertz CT molecular complexity index is 664. The molecule has 0 aliphatic carbocycles. The molecule has 0 unspecified atom stereocenters. The van der Waals surface area contributed by atoms with E-state index in [2.05, 4.69) is 31.0 Å². The van der Waals surface area contributed by atoms with E-state index in [4.69, 9.17) is 0 Å². The molecule has 0 aliphatic heterocycles. The van der Waals surface area contributed by atoms with Gasteiger partial charge in [0.05, 0.1) is 23.3 Å². The van der Waals surface area contributed by atoms with Crippen LogP contribution in [0, 0.1) is 0 Å². The van der Waals surface area contributed by atoms with Gasteiger partial charge in [0.15, 0.2) is 0 Å². The Hall–Kier alpha value is -2.01. The molecular formula is C13H9BrN4. The van der Waals surface area contributed by atoms with Crippen LogP contribution in [0.25, 0.3) is 17.1 Å². The van der Waals surface area contributed by atoms with Crippen LogP contribution in [0.1, 0.15) is 0 Å². The summed E-state index contributed by atoms with van der Waals surface area (Å²) in [5.74, 6) is 0. The second-order valence-corrected chi connectivity index (χ2v) is 4.50. The fourth-order valence-electron chi connectivity index (χ4n) is 1.75. The average molecular weight is 301 g/mol. The maximum absolute atomic E-state index is 4.33. The summed E-state index contributed by atoms with van der Waals surface area (Å²) in [6, 6.07) is 13.8. The Labute approximate surface area is 112 Å². The van der Waals surface area contributed by atoms with E-state index in [9.17, 15) is 0 Å². The average Bonchev–Trinajstić information content (AvgIpc) is 2.89. The van der Waals surface area contributed by atoms with Gasteiger partial charge in [-0.3, -0.25) is 0 Å². The van der Waals surface area contributed by atoms with Gasteiger partial charge in [-0.05, 0) is 40.2 Å². The number of para-hydroxylation sites is 1. The first kappa shape index (κ1) is 11.1. The molecule has 0 amide bonds. The lowest BCUT2D eigenvalue weighted by atomic mass is 10.2. The van der Waals surface area contributed by atoms with Gasteiger partial charge >= 0.3 is 0 Å². The fraction of sp³-hybridized carbons (Fsp3) is 0. The fourth-order valence-corrected chi connectivity index (χ4v) is 2.05. The van der Waals surface area contributed by atoms with Crippen LogP contribution in [0.5, 0.6) is 0 Å². The number of halogens is 1. The molecule has 3 rings (SSSR count). The predicted molar refractivity (Wildman–Crippen MR) is 72.3 cm³/mol. The first-order chi connectivity index (χ1) is 8.84. The maximum atomic E-state index is 4.33. The van der Waals surface area contributed by atoms with Gasteiger partial charge in [-0.25, -0.2) is 14.6 Å². The van der Waals surface area contributed by atoms with Crippen LogP contribution in [0.3, 0.4) is 0 Å². The Morgan fingerprint density at radius 2 is 1.83 bits per heavy atom. The quantitative estimate of drug-likeness (QED) is 0.683. The first-order valence-corrected chi connectivity index (χ1v) is 6.21. The van der Waals surface area contributed by atoms with Crippen molar-refractivity contribution in [3.05, 3.63) is 59.6 Å². The van der Waals surface area contributed by atoms with E-state index in [1.54, 1.807) is 6.20 Å². The standard InChI is InChI=1S/C13H9BrN4/c14-13-8-11(15-9-16-13)12-6-7-17-18(12)10-4-2-1-3-5-10/h1-9H. The molecule has 4 nitrogen and oxygen atoms in total. The van der Waals surface area contributed by atoms with E-state index in [1.165, 1.54) is 6.33 Å². The molecule has 2 aromatic heterocycles. The monoisotopic (exact) mass is 300 g/mol. The van der Waals surface area contributed by atoms with Crippen molar-refractivity contribution in [2.45, 2.75) is 0 Å². The van der Waals surface area contributed by atoms with E-state index in [1.807, 2.05) is 47.1 Å². The third-order valence-corrected chi connectivity index (χ3v) is 2.97. The number of rotatable bonds is 2. The lowest BCUT2D eigenvalue weighted by Gasteiger charge is -2.06. The van der Waals surface area contributed by atoms with Crippen LogP contribution in [-0.4, -0.2) is 19.7 Å². The Morgan fingerprint density at radius 1 is 1.00 bits per heavy atom. The van der Waals surface area contributed by atoms with Gasteiger partial charge in [-0.1, -0.05) is 18.2 Å². The topological polar surface area (TPSA) is 43.6 Å². The highest BCUT2D eigenvalue weighted by molar-refractivity contribution is 9.10. The summed E-state index contributed by atoms with van der Waals surface area (Å²) >= 11 is 3.35. The largest absolute Gasteiger partial charge is 0.235 e. The Morgan fingerprint density at radius 3 is 2.61 bits per heavy atom. The molecule has 18 heavy (non-hydrogen) atoms. The Kier molecular flexibility index (Phi) is 2.90. The maximum Gasteiger partial charge on any atom is 0.117 e. The third-order valence-electron chi connectivity index (χ3n) is 2.54. The highest BCUT2D eigenvalue weighted by Gasteiger charge is 2.08. The molecule has 0 saturated heterocycles. The van der Waals surface area contributed by atoms with Crippen molar-refractivity contribution in [3.8, 4) is 17.1 Å². The summed E-state index contributed by atoms with van der Waals surface area (Å²) in [6.45, 7) is 0. The van der Waals surface area contributed by atoms with Gasteiger partial charge < -0.3 is 0 Å². The van der Waals surface area contributed by atoms with Gasteiger partial charge in [-0.2, -0.15) is 5.10 Å². The highest BCUT2D eigenvalue weighted by atomic mass is 79.9. The lowest BCUT2D eigenvalue weighted by molar-refractivity contribution is 0.882. The molecule has 0 spiro atoms. The van der Waals surface area contributed by atoms with Crippen molar-refractivity contribution in [2.75, 3.05) is 0 Å². The number of nitrogens with zero attached hydrogens (tertiary/aromatic N) is 4. The van der Waals surface area contributed by atoms with Crippen molar-refractivity contribution >= 4 is 15.9 Å². The van der Waals surface area contributed by atoms with Crippen LogP contribution < -0.4 is 0 Å². The van der Waals surface area contributed by atoms with E-state index < -0.39 is 0 Å². The molecule has 5 heteroatoms. The van der Waals surface area contributed by atoms with Crippen molar-refractivity contribution < 1.29 is 0 Å². The number of hydrogen-bond acceptors (Lipinski definition) is 3. The molecule has 0 N–H and O–H groups in total. The molecule has 3 aromatic rings. The number of hydrogen-bond donors (Lipinski definition) is 0. The zero-order valence-electron chi connectivity index (χ0n) is 9.36. The van der Waals surface area contributed by atoms with Gasteiger partial charge in [0.25, 0.3) is 0 Å². The molecule has 2 heterocycles. The van der Waals surface area contributed by atoms with Crippen molar-refractivity contribution in [1.29, 1.82) is 0 Å². The molecular weight excluding hydrogens is 292 g/mol. The number of aromatic nitrogens is 4. The van der Waals surface area contributed by atoms with Crippen LogP contribution >= 0.6 is 15.9 Å². The number of benzene rings is 1. The molecule has 88 valence electrons. The second kappa shape index (κ2) is 4.70. The normalized spacial score (nSPS) is 10.5. The smallest absolute Gasteiger partial charge is 0.117 e. The van der Waals surface area contributed by atoms with Crippen molar-refractivity contribution in [1.82, 2.24) is 19.7 Å².